The molecule has 1 unspecified atom stereocenters. The third-order valence-corrected chi connectivity index (χ3v) is 5.22. The fourth-order valence-electron chi connectivity index (χ4n) is 3.86. The molecule has 2 aliphatic heterocycles. The van der Waals surface area contributed by atoms with Crippen LogP contribution < -0.4 is 4.90 Å². The summed E-state index contributed by atoms with van der Waals surface area (Å²) in [6, 6.07) is 5.35. The van der Waals surface area contributed by atoms with Gasteiger partial charge in [0.2, 0.25) is 0 Å². The van der Waals surface area contributed by atoms with E-state index in [-0.39, 0.29) is 10.6 Å². The summed E-state index contributed by atoms with van der Waals surface area (Å²) in [6.07, 6.45) is 4.46. The van der Waals surface area contributed by atoms with Gasteiger partial charge < -0.3 is 9.64 Å². The number of fused-ring (bicyclic) bond motifs is 1. The van der Waals surface area contributed by atoms with Gasteiger partial charge in [-0.3, -0.25) is 20.0 Å². The summed E-state index contributed by atoms with van der Waals surface area (Å²) in [4.78, 5) is 19.8. The van der Waals surface area contributed by atoms with Gasteiger partial charge in [0.25, 0.3) is 5.69 Å². The van der Waals surface area contributed by atoms with Gasteiger partial charge >= 0.3 is 0 Å². The number of nitro benzene ring substituents is 1. The van der Waals surface area contributed by atoms with E-state index in [0.717, 1.165) is 57.0 Å². The third-order valence-electron chi connectivity index (χ3n) is 5.22. The molecule has 1 atom stereocenters. The number of ether oxygens (including phenoxy) is 1. The summed E-state index contributed by atoms with van der Waals surface area (Å²) < 4.78 is 5.47. The Morgan fingerprint density at radius 3 is 2.76 bits per heavy atom. The molecule has 0 bridgehead atoms. The van der Waals surface area contributed by atoms with Gasteiger partial charge in [-0.2, -0.15) is 0 Å². The Hall–Kier alpha value is -2.25. The highest BCUT2D eigenvalue weighted by atomic mass is 16.6. The number of benzene rings is 1. The second kappa shape index (κ2) is 6.93. The maximum Gasteiger partial charge on any atom is 0.278 e. The quantitative estimate of drug-likeness (QED) is 0.627. The Bertz CT molecular complexity index is 768. The number of hydrogen-bond acceptors (Lipinski definition) is 6. The van der Waals surface area contributed by atoms with Crippen molar-refractivity contribution < 1.29 is 9.66 Å². The van der Waals surface area contributed by atoms with Crippen molar-refractivity contribution in [3.05, 3.63) is 40.7 Å². The molecule has 2 aliphatic rings. The number of non-ortho nitro benzene ring substituents is 1. The minimum atomic E-state index is -0.338. The molecule has 1 aromatic carbocycles. The molecular weight excluding hydrogens is 320 g/mol. The molecule has 7 nitrogen and oxygen atoms in total. The molecule has 0 saturated carbocycles. The van der Waals surface area contributed by atoms with Gasteiger partial charge in [0.15, 0.2) is 0 Å². The lowest BCUT2D eigenvalue weighted by Gasteiger charge is -2.37. The van der Waals surface area contributed by atoms with Crippen LogP contribution in [0.25, 0.3) is 10.8 Å². The minimum absolute atomic E-state index is 0.117. The van der Waals surface area contributed by atoms with Crippen LogP contribution in [-0.4, -0.2) is 60.7 Å². The molecule has 3 heterocycles. The molecule has 1 aromatic heterocycles. The first-order valence-corrected chi connectivity index (χ1v) is 8.78. The van der Waals surface area contributed by atoms with E-state index >= 15 is 0 Å². The van der Waals surface area contributed by atoms with Crippen molar-refractivity contribution in [1.82, 2.24) is 9.88 Å². The topological polar surface area (TPSA) is 71.7 Å². The second-order valence-electron chi connectivity index (χ2n) is 6.80. The standard InChI is InChI=1S/C18H22N4O3/c23-22(24)18-2-1-17(15-3-5-19-11-16(15)18)21-8-6-20(7-9-21)12-14-4-10-25-13-14/h1-3,5,11,14H,4,6-10,12-13H2. The molecule has 0 radical (unpaired) electrons. The molecule has 0 aliphatic carbocycles. The van der Waals surface area contributed by atoms with Gasteiger partial charge in [-0.05, 0) is 24.5 Å². The van der Waals surface area contributed by atoms with E-state index in [9.17, 15) is 10.1 Å². The van der Waals surface area contributed by atoms with Gasteiger partial charge in [-0.1, -0.05) is 0 Å². The SMILES string of the molecule is O=[N+]([O-])c1ccc(N2CCN(CC3CCOC3)CC2)c2ccncc12. The second-order valence-corrected chi connectivity index (χ2v) is 6.80. The van der Waals surface area contributed by atoms with Gasteiger partial charge in [-0.15, -0.1) is 0 Å². The van der Waals surface area contributed by atoms with Crippen molar-refractivity contribution in [2.24, 2.45) is 5.92 Å². The largest absolute Gasteiger partial charge is 0.381 e. The van der Waals surface area contributed by atoms with Crippen molar-refractivity contribution >= 4 is 22.1 Å². The fourth-order valence-corrected chi connectivity index (χ4v) is 3.86. The Kier molecular flexibility index (Phi) is 4.50. The zero-order valence-corrected chi connectivity index (χ0v) is 14.1. The van der Waals surface area contributed by atoms with E-state index in [1.807, 2.05) is 12.1 Å². The predicted molar refractivity (Wildman–Crippen MR) is 96.0 cm³/mol. The molecule has 2 aromatic rings. The molecule has 0 N–H and O–H groups in total. The molecule has 132 valence electrons. The summed E-state index contributed by atoms with van der Waals surface area (Å²) >= 11 is 0. The fraction of sp³-hybridized carbons (Fsp3) is 0.500. The molecule has 25 heavy (non-hydrogen) atoms. The Morgan fingerprint density at radius 2 is 2.04 bits per heavy atom. The van der Waals surface area contributed by atoms with Crippen LogP contribution in [0.5, 0.6) is 0 Å². The first-order valence-electron chi connectivity index (χ1n) is 8.78. The van der Waals surface area contributed by atoms with E-state index in [2.05, 4.69) is 14.8 Å². The number of nitro groups is 1. The van der Waals surface area contributed by atoms with Crippen LogP contribution in [0.4, 0.5) is 11.4 Å². The lowest BCUT2D eigenvalue weighted by molar-refractivity contribution is -0.383. The van der Waals surface area contributed by atoms with Crippen molar-refractivity contribution in [2.45, 2.75) is 6.42 Å². The lowest BCUT2D eigenvalue weighted by Crippen LogP contribution is -2.48. The summed E-state index contributed by atoms with van der Waals surface area (Å²) in [7, 11) is 0. The summed E-state index contributed by atoms with van der Waals surface area (Å²) in [5.41, 5.74) is 1.18. The van der Waals surface area contributed by atoms with Gasteiger partial charge in [0.1, 0.15) is 0 Å². The zero-order chi connectivity index (χ0) is 17.2. The van der Waals surface area contributed by atoms with Crippen molar-refractivity contribution in [3.63, 3.8) is 0 Å². The number of pyridine rings is 1. The van der Waals surface area contributed by atoms with Crippen LogP contribution in [0.15, 0.2) is 30.6 Å². The van der Waals surface area contributed by atoms with E-state index < -0.39 is 0 Å². The Balaban J connectivity index is 1.51. The zero-order valence-electron chi connectivity index (χ0n) is 14.1. The number of aromatic nitrogens is 1. The highest BCUT2D eigenvalue weighted by Crippen LogP contribution is 2.33. The molecule has 2 fully saturated rings. The van der Waals surface area contributed by atoms with Crippen LogP contribution in [-0.2, 0) is 4.74 Å². The van der Waals surface area contributed by atoms with E-state index in [4.69, 9.17) is 4.74 Å². The molecule has 0 spiro atoms. The van der Waals surface area contributed by atoms with Gasteiger partial charge in [0.05, 0.1) is 16.9 Å². The van der Waals surface area contributed by atoms with Gasteiger partial charge in [-0.25, -0.2) is 0 Å². The number of nitrogens with zero attached hydrogens (tertiary/aromatic N) is 4. The van der Waals surface area contributed by atoms with Crippen LogP contribution >= 0.6 is 0 Å². The molecular formula is C18H22N4O3. The Morgan fingerprint density at radius 1 is 1.20 bits per heavy atom. The van der Waals surface area contributed by atoms with Crippen molar-refractivity contribution in [3.8, 4) is 0 Å². The average molecular weight is 342 g/mol. The smallest absolute Gasteiger partial charge is 0.278 e. The maximum absolute atomic E-state index is 11.3. The van der Waals surface area contributed by atoms with E-state index in [1.165, 1.54) is 6.42 Å². The number of hydrogen-bond donors (Lipinski definition) is 0. The monoisotopic (exact) mass is 342 g/mol. The number of rotatable bonds is 4. The summed E-state index contributed by atoms with van der Waals surface area (Å²) in [5.74, 6) is 0.665. The first kappa shape index (κ1) is 16.2. The summed E-state index contributed by atoms with van der Waals surface area (Å²) in [5, 5.41) is 12.8. The summed E-state index contributed by atoms with van der Waals surface area (Å²) in [6.45, 7) is 6.79. The average Bonchev–Trinajstić information content (AvgIpc) is 3.14. The normalized spacial score (nSPS) is 21.8. The lowest BCUT2D eigenvalue weighted by atomic mass is 10.1. The third kappa shape index (κ3) is 3.29. The first-order chi connectivity index (χ1) is 12.2. The highest BCUT2D eigenvalue weighted by molar-refractivity contribution is 5.99. The molecule has 0 amide bonds. The van der Waals surface area contributed by atoms with Crippen molar-refractivity contribution in [2.75, 3.05) is 50.8 Å². The van der Waals surface area contributed by atoms with E-state index in [1.54, 1.807) is 18.5 Å². The number of piperazine rings is 1. The van der Waals surface area contributed by atoms with Crippen LogP contribution in [0.3, 0.4) is 0 Å². The predicted octanol–water partition coefficient (Wildman–Crippen LogP) is 2.30. The van der Waals surface area contributed by atoms with E-state index in [0.29, 0.717) is 11.3 Å². The van der Waals surface area contributed by atoms with Crippen LogP contribution in [0, 0.1) is 16.0 Å². The maximum atomic E-state index is 11.3. The molecule has 4 rings (SSSR count). The number of anilines is 1. The highest BCUT2D eigenvalue weighted by Gasteiger charge is 2.24. The Labute approximate surface area is 146 Å². The van der Waals surface area contributed by atoms with Crippen LogP contribution in [0.2, 0.25) is 0 Å². The minimum Gasteiger partial charge on any atom is -0.381 e. The van der Waals surface area contributed by atoms with Crippen molar-refractivity contribution in [1.29, 1.82) is 0 Å². The molecule has 7 heteroatoms. The van der Waals surface area contributed by atoms with Crippen LogP contribution in [0.1, 0.15) is 6.42 Å². The van der Waals surface area contributed by atoms with Gasteiger partial charge in [0, 0.05) is 68.9 Å². The molecule has 2 saturated heterocycles.